The number of phenols is 1. The molecular weight excluding hydrogens is 294 g/mol. The summed E-state index contributed by atoms with van der Waals surface area (Å²) >= 11 is 0. The summed E-state index contributed by atoms with van der Waals surface area (Å²) in [5, 5.41) is 9.42. The number of carbonyl (C=O) groups is 2. The summed E-state index contributed by atoms with van der Waals surface area (Å²) in [4.78, 5) is 27.2. The van der Waals surface area contributed by atoms with Gasteiger partial charge >= 0.3 is 5.97 Å². The number of aromatic hydroxyl groups is 1. The lowest BCUT2D eigenvalue weighted by Gasteiger charge is -2.01. The first-order chi connectivity index (χ1) is 10.9. The summed E-state index contributed by atoms with van der Waals surface area (Å²) in [6.07, 6.45) is 3.05. The van der Waals surface area contributed by atoms with Gasteiger partial charge in [-0.05, 0) is 50.1 Å². The highest BCUT2D eigenvalue weighted by molar-refractivity contribution is 6.10. The number of nitrogens with one attached hydrogen (secondary N) is 1. The van der Waals surface area contributed by atoms with Crippen LogP contribution in [0, 0.1) is 13.8 Å². The van der Waals surface area contributed by atoms with Gasteiger partial charge in [0.25, 0.3) is 0 Å². The maximum Gasteiger partial charge on any atom is 0.355 e. The molecule has 1 aromatic carbocycles. The highest BCUT2D eigenvalue weighted by atomic mass is 16.5. The highest BCUT2D eigenvalue weighted by Crippen LogP contribution is 2.20. The van der Waals surface area contributed by atoms with Crippen LogP contribution in [0.1, 0.15) is 44.6 Å². The van der Waals surface area contributed by atoms with Crippen LogP contribution in [0.3, 0.4) is 0 Å². The molecule has 1 heterocycles. The number of rotatable bonds is 5. The molecule has 2 N–H and O–H groups in total. The van der Waals surface area contributed by atoms with Gasteiger partial charge < -0.3 is 14.8 Å². The van der Waals surface area contributed by atoms with Crippen LogP contribution < -0.4 is 0 Å². The van der Waals surface area contributed by atoms with E-state index in [1.54, 1.807) is 51.1 Å². The van der Waals surface area contributed by atoms with E-state index in [0.29, 0.717) is 22.5 Å². The third kappa shape index (κ3) is 3.69. The molecule has 0 spiro atoms. The lowest BCUT2D eigenvalue weighted by atomic mass is 10.0. The average Bonchev–Trinajstić information content (AvgIpc) is 2.80. The fourth-order valence-corrected chi connectivity index (χ4v) is 2.41. The lowest BCUT2D eigenvalue weighted by molar-refractivity contribution is 0.0519. The maximum absolute atomic E-state index is 12.4. The van der Waals surface area contributed by atoms with Gasteiger partial charge in [0.2, 0.25) is 0 Å². The van der Waals surface area contributed by atoms with Crippen molar-refractivity contribution in [3.63, 3.8) is 0 Å². The predicted molar refractivity (Wildman–Crippen MR) is 87.7 cm³/mol. The minimum atomic E-state index is -0.468. The smallest absolute Gasteiger partial charge is 0.355 e. The number of esters is 1. The van der Waals surface area contributed by atoms with Crippen molar-refractivity contribution in [1.82, 2.24) is 4.98 Å². The summed E-state index contributed by atoms with van der Waals surface area (Å²) in [7, 11) is 0. The minimum absolute atomic E-state index is 0.137. The zero-order valence-corrected chi connectivity index (χ0v) is 13.3. The quantitative estimate of drug-likeness (QED) is 0.503. The molecule has 0 unspecified atom stereocenters. The van der Waals surface area contributed by atoms with E-state index >= 15 is 0 Å². The number of carbonyl (C=O) groups excluding carboxylic acids is 2. The molecule has 0 aliphatic heterocycles. The van der Waals surface area contributed by atoms with Crippen LogP contribution in [-0.4, -0.2) is 28.4 Å². The topological polar surface area (TPSA) is 79.4 Å². The van der Waals surface area contributed by atoms with Crippen molar-refractivity contribution < 1.29 is 19.4 Å². The van der Waals surface area contributed by atoms with Gasteiger partial charge in [0.15, 0.2) is 5.78 Å². The van der Waals surface area contributed by atoms with Gasteiger partial charge in [-0.1, -0.05) is 18.2 Å². The number of benzene rings is 1. The van der Waals surface area contributed by atoms with Crippen molar-refractivity contribution in [3.8, 4) is 5.75 Å². The van der Waals surface area contributed by atoms with Gasteiger partial charge in [-0.2, -0.15) is 0 Å². The Bertz CT molecular complexity index is 771. The van der Waals surface area contributed by atoms with Crippen LogP contribution in [0.4, 0.5) is 0 Å². The van der Waals surface area contributed by atoms with Gasteiger partial charge in [-0.15, -0.1) is 0 Å². The number of hydrogen-bond donors (Lipinski definition) is 2. The second-order valence-corrected chi connectivity index (χ2v) is 5.14. The number of allylic oxidation sites excluding steroid dienone is 1. The molecule has 0 bridgehead atoms. The fraction of sp³-hybridized carbons (Fsp3) is 0.222. The molecule has 0 radical (unpaired) electrons. The van der Waals surface area contributed by atoms with Crippen LogP contribution >= 0.6 is 0 Å². The Hall–Kier alpha value is -2.82. The number of phenolic OH excluding ortho intramolecular Hbond substituents is 1. The third-order valence-corrected chi connectivity index (χ3v) is 3.46. The Morgan fingerprint density at radius 2 is 2.04 bits per heavy atom. The predicted octanol–water partition coefficient (Wildman–Crippen LogP) is 3.41. The highest BCUT2D eigenvalue weighted by Gasteiger charge is 2.21. The minimum Gasteiger partial charge on any atom is -0.508 e. The Morgan fingerprint density at radius 1 is 1.30 bits per heavy atom. The van der Waals surface area contributed by atoms with Crippen molar-refractivity contribution in [1.29, 1.82) is 0 Å². The molecule has 2 aromatic rings. The molecule has 0 fully saturated rings. The number of aromatic amines is 1. The van der Waals surface area contributed by atoms with Crippen molar-refractivity contribution in [2.24, 2.45) is 0 Å². The second-order valence-electron chi connectivity index (χ2n) is 5.14. The van der Waals surface area contributed by atoms with E-state index in [9.17, 15) is 14.7 Å². The lowest BCUT2D eigenvalue weighted by Crippen LogP contribution is -2.07. The molecular formula is C18H19NO4. The van der Waals surface area contributed by atoms with Crippen molar-refractivity contribution in [2.75, 3.05) is 6.61 Å². The van der Waals surface area contributed by atoms with Crippen molar-refractivity contribution >= 4 is 17.8 Å². The molecule has 5 nitrogen and oxygen atoms in total. The van der Waals surface area contributed by atoms with Gasteiger partial charge in [0.1, 0.15) is 11.4 Å². The molecule has 2 rings (SSSR count). The molecule has 0 aliphatic carbocycles. The van der Waals surface area contributed by atoms with Crippen LogP contribution in [0.5, 0.6) is 5.75 Å². The van der Waals surface area contributed by atoms with E-state index in [1.165, 1.54) is 6.08 Å². The molecule has 1 aromatic heterocycles. The summed E-state index contributed by atoms with van der Waals surface area (Å²) < 4.78 is 4.97. The first-order valence-electron chi connectivity index (χ1n) is 7.31. The first-order valence-corrected chi connectivity index (χ1v) is 7.31. The van der Waals surface area contributed by atoms with E-state index in [4.69, 9.17) is 4.74 Å². The van der Waals surface area contributed by atoms with E-state index < -0.39 is 5.97 Å². The number of aryl methyl sites for hydroxylation is 1. The zero-order valence-electron chi connectivity index (χ0n) is 13.3. The molecule has 0 atom stereocenters. The fourth-order valence-electron chi connectivity index (χ4n) is 2.41. The normalized spacial score (nSPS) is 10.9. The van der Waals surface area contributed by atoms with Crippen LogP contribution in [0.2, 0.25) is 0 Å². The molecule has 0 saturated heterocycles. The monoisotopic (exact) mass is 313 g/mol. The first kappa shape index (κ1) is 16.5. The molecule has 120 valence electrons. The maximum atomic E-state index is 12.4. The van der Waals surface area contributed by atoms with Gasteiger partial charge in [-0.25, -0.2) is 4.79 Å². The molecule has 0 aliphatic rings. The molecule has 0 saturated carbocycles. The number of H-pyrrole nitrogens is 1. The second kappa shape index (κ2) is 6.96. The Labute approximate surface area is 134 Å². The number of ketones is 1. The van der Waals surface area contributed by atoms with E-state index in [-0.39, 0.29) is 18.1 Å². The van der Waals surface area contributed by atoms with Gasteiger partial charge in [-0.3, -0.25) is 4.79 Å². The van der Waals surface area contributed by atoms with Crippen LogP contribution in [0.25, 0.3) is 6.08 Å². The Kier molecular flexibility index (Phi) is 5.01. The summed E-state index contributed by atoms with van der Waals surface area (Å²) in [6, 6.07) is 6.60. The van der Waals surface area contributed by atoms with E-state index in [1.807, 2.05) is 0 Å². The summed E-state index contributed by atoms with van der Waals surface area (Å²) in [5.74, 6) is -0.544. The third-order valence-electron chi connectivity index (χ3n) is 3.46. The van der Waals surface area contributed by atoms with Crippen molar-refractivity contribution in [3.05, 3.63) is 58.4 Å². The molecule has 23 heavy (non-hydrogen) atoms. The van der Waals surface area contributed by atoms with E-state index in [0.717, 1.165) is 5.56 Å². The summed E-state index contributed by atoms with van der Waals surface area (Å²) in [6.45, 7) is 5.46. The number of hydrogen-bond acceptors (Lipinski definition) is 4. The Balaban J connectivity index is 2.28. The standard InChI is InChI=1S/C18H19NO4/c1-4-23-18(22)17-11(2)16(12(3)19-17)15(21)9-8-13-6-5-7-14(20)10-13/h5-10,19-20H,4H2,1-3H3/b9-8+. The van der Waals surface area contributed by atoms with Gasteiger partial charge in [0.05, 0.1) is 6.61 Å². The largest absolute Gasteiger partial charge is 0.508 e. The van der Waals surface area contributed by atoms with Crippen molar-refractivity contribution in [2.45, 2.75) is 20.8 Å². The Morgan fingerprint density at radius 3 is 2.70 bits per heavy atom. The van der Waals surface area contributed by atoms with E-state index in [2.05, 4.69) is 4.98 Å². The molecule has 0 amide bonds. The SMILES string of the molecule is CCOC(=O)c1[nH]c(C)c(C(=O)/C=C/c2cccc(O)c2)c1C. The van der Waals surface area contributed by atoms with Crippen LogP contribution in [0.15, 0.2) is 30.3 Å². The molecule has 5 heteroatoms. The number of ether oxygens (including phenoxy) is 1. The zero-order chi connectivity index (χ0) is 17.0. The number of aromatic nitrogens is 1. The summed E-state index contributed by atoms with van der Waals surface area (Å²) in [5.41, 5.74) is 2.68. The van der Waals surface area contributed by atoms with Gasteiger partial charge in [0, 0.05) is 11.3 Å². The van der Waals surface area contributed by atoms with Crippen LogP contribution in [-0.2, 0) is 4.74 Å². The average molecular weight is 313 g/mol.